The smallest absolute Gasteiger partial charge is 0.255 e. The number of nitrogens with one attached hydrogen (secondary N) is 1. The lowest BCUT2D eigenvalue weighted by atomic mass is 10.2. The van der Waals surface area contributed by atoms with Crippen molar-refractivity contribution in [3.63, 3.8) is 0 Å². The lowest BCUT2D eigenvalue weighted by Crippen LogP contribution is -2.11. The van der Waals surface area contributed by atoms with E-state index in [9.17, 15) is 9.18 Å². The molecule has 1 N–H and O–H groups in total. The van der Waals surface area contributed by atoms with Gasteiger partial charge in [0, 0.05) is 11.3 Å². The van der Waals surface area contributed by atoms with Gasteiger partial charge < -0.3 is 9.73 Å². The first-order valence-electron chi connectivity index (χ1n) is 7.82. The van der Waals surface area contributed by atoms with Gasteiger partial charge in [-0.3, -0.25) is 4.79 Å². The molecule has 0 aliphatic heterocycles. The number of rotatable bonds is 3. The van der Waals surface area contributed by atoms with Crippen LogP contribution < -0.4 is 5.32 Å². The molecule has 0 fully saturated rings. The third-order valence-electron chi connectivity index (χ3n) is 3.84. The van der Waals surface area contributed by atoms with Gasteiger partial charge in [0.25, 0.3) is 5.91 Å². The molecule has 1 aromatic heterocycles. The Balaban J connectivity index is 1.65. The molecule has 4 aromatic rings. The SMILES string of the molecule is O=C(Nc1ccc2oc(-c3ccc(F)cc3Cl)nc2c1)c1ccccc1. The van der Waals surface area contributed by atoms with Gasteiger partial charge >= 0.3 is 0 Å². The molecule has 0 radical (unpaired) electrons. The molecular weight excluding hydrogens is 355 g/mol. The molecule has 4 nitrogen and oxygen atoms in total. The van der Waals surface area contributed by atoms with Crippen molar-refractivity contribution >= 4 is 34.3 Å². The molecule has 4 rings (SSSR count). The van der Waals surface area contributed by atoms with E-state index in [4.69, 9.17) is 16.0 Å². The molecule has 0 bridgehead atoms. The number of hydrogen-bond donors (Lipinski definition) is 1. The van der Waals surface area contributed by atoms with Crippen molar-refractivity contribution in [3.05, 3.63) is 83.1 Å². The summed E-state index contributed by atoms with van der Waals surface area (Å²) < 4.78 is 18.9. The second-order valence-corrected chi connectivity index (χ2v) is 6.05. The van der Waals surface area contributed by atoms with Crippen LogP contribution in [0.5, 0.6) is 0 Å². The summed E-state index contributed by atoms with van der Waals surface area (Å²) in [7, 11) is 0. The van der Waals surface area contributed by atoms with Crippen LogP contribution >= 0.6 is 11.6 Å². The number of carbonyl (C=O) groups is 1. The molecule has 0 spiro atoms. The quantitative estimate of drug-likeness (QED) is 0.518. The summed E-state index contributed by atoms with van der Waals surface area (Å²) >= 11 is 6.06. The van der Waals surface area contributed by atoms with Crippen molar-refractivity contribution in [1.82, 2.24) is 4.98 Å². The zero-order valence-corrected chi connectivity index (χ0v) is 14.1. The molecule has 128 valence electrons. The van der Waals surface area contributed by atoms with E-state index < -0.39 is 5.82 Å². The van der Waals surface area contributed by atoms with E-state index in [1.807, 2.05) is 6.07 Å². The largest absolute Gasteiger partial charge is 0.436 e. The summed E-state index contributed by atoms with van der Waals surface area (Å²) in [6.45, 7) is 0. The number of anilines is 1. The molecule has 3 aromatic carbocycles. The van der Waals surface area contributed by atoms with Gasteiger partial charge in [0.1, 0.15) is 11.3 Å². The average Bonchev–Trinajstić information content (AvgIpc) is 3.05. The van der Waals surface area contributed by atoms with E-state index >= 15 is 0 Å². The van der Waals surface area contributed by atoms with Crippen molar-refractivity contribution in [2.75, 3.05) is 5.32 Å². The predicted octanol–water partition coefficient (Wildman–Crippen LogP) is 5.54. The first kappa shape index (κ1) is 16.3. The number of benzene rings is 3. The van der Waals surface area contributed by atoms with Gasteiger partial charge in [0.2, 0.25) is 5.89 Å². The van der Waals surface area contributed by atoms with Crippen LogP contribution in [0.25, 0.3) is 22.6 Å². The Morgan fingerprint density at radius 1 is 1.04 bits per heavy atom. The number of fused-ring (bicyclic) bond motifs is 1. The molecule has 0 saturated carbocycles. The van der Waals surface area contributed by atoms with E-state index in [1.165, 1.54) is 18.2 Å². The first-order chi connectivity index (χ1) is 12.6. The van der Waals surface area contributed by atoms with Gasteiger partial charge in [-0.2, -0.15) is 0 Å². The van der Waals surface area contributed by atoms with Crippen LogP contribution in [-0.4, -0.2) is 10.9 Å². The third-order valence-corrected chi connectivity index (χ3v) is 4.16. The molecule has 1 heterocycles. The average molecular weight is 367 g/mol. The van der Waals surface area contributed by atoms with Crippen molar-refractivity contribution in [2.24, 2.45) is 0 Å². The summed E-state index contributed by atoms with van der Waals surface area (Å²) in [5, 5.41) is 3.04. The Morgan fingerprint density at radius 2 is 1.85 bits per heavy atom. The third kappa shape index (κ3) is 3.17. The maximum Gasteiger partial charge on any atom is 0.255 e. The Bertz CT molecular complexity index is 1110. The minimum atomic E-state index is -0.430. The molecule has 26 heavy (non-hydrogen) atoms. The molecule has 0 aliphatic carbocycles. The lowest BCUT2D eigenvalue weighted by molar-refractivity contribution is 0.102. The highest BCUT2D eigenvalue weighted by Gasteiger charge is 2.13. The predicted molar refractivity (Wildman–Crippen MR) is 98.8 cm³/mol. The Kier molecular flexibility index (Phi) is 4.14. The summed E-state index contributed by atoms with van der Waals surface area (Å²) in [6, 6.07) is 18.1. The second kappa shape index (κ2) is 6.61. The van der Waals surface area contributed by atoms with Crippen LogP contribution in [-0.2, 0) is 0 Å². The fourth-order valence-electron chi connectivity index (χ4n) is 2.58. The van der Waals surface area contributed by atoms with Crippen LogP contribution in [0.3, 0.4) is 0 Å². The summed E-state index contributed by atoms with van der Waals surface area (Å²) in [5.74, 6) is -0.354. The van der Waals surface area contributed by atoms with E-state index in [0.717, 1.165) is 0 Å². The molecular formula is C20H12ClFN2O2. The minimum absolute atomic E-state index is 0.213. The Labute approximate surface area is 153 Å². The molecule has 6 heteroatoms. The minimum Gasteiger partial charge on any atom is -0.436 e. The van der Waals surface area contributed by atoms with Crippen molar-refractivity contribution in [2.45, 2.75) is 0 Å². The molecule has 0 atom stereocenters. The van der Waals surface area contributed by atoms with Gasteiger partial charge in [-0.05, 0) is 48.5 Å². The zero-order chi connectivity index (χ0) is 18.1. The van der Waals surface area contributed by atoms with E-state index in [0.29, 0.717) is 27.9 Å². The van der Waals surface area contributed by atoms with E-state index in [-0.39, 0.29) is 16.8 Å². The van der Waals surface area contributed by atoms with Gasteiger partial charge in [-0.15, -0.1) is 0 Å². The van der Waals surface area contributed by atoms with E-state index in [2.05, 4.69) is 10.3 Å². The molecule has 0 aliphatic rings. The standard InChI is InChI=1S/C20H12ClFN2O2/c21-16-10-13(22)6-8-15(16)20-24-17-11-14(7-9-18(17)26-20)23-19(25)12-4-2-1-3-5-12/h1-11H,(H,23,25). The monoisotopic (exact) mass is 366 g/mol. The highest BCUT2D eigenvalue weighted by Crippen LogP contribution is 2.31. The van der Waals surface area contributed by atoms with E-state index in [1.54, 1.807) is 42.5 Å². The van der Waals surface area contributed by atoms with Gasteiger partial charge in [-0.1, -0.05) is 29.8 Å². The number of hydrogen-bond acceptors (Lipinski definition) is 3. The fraction of sp³-hybridized carbons (Fsp3) is 0. The van der Waals surface area contributed by atoms with Crippen LogP contribution in [0, 0.1) is 5.82 Å². The molecule has 0 unspecified atom stereocenters. The van der Waals surface area contributed by atoms with Crippen LogP contribution in [0.1, 0.15) is 10.4 Å². The Morgan fingerprint density at radius 3 is 2.62 bits per heavy atom. The lowest BCUT2D eigenvalue weighted by Gasteiger charge is -2.04. The first-order valence-corrected chi connectivity index (χ1v) is 8.20. The summed E-state index contributed by atoms with van der Waals surface area (Å²) in [5.41, 5.74) is 2.76. The van der Waals surface area contributed by atoms with Crippen molar-refractivity contribution < 1.29 is 13.6 Å². The number of halogens is 2. The molecule has 1 amide bonds. The number of oxazole rings is 1. The number of amides is 1. The number of carbonyl (C=O) groups excluding carboxylic acids is 1. The fourth-order valence-corrected chi connectivity index (χ4v) is 2.82. The molecule has 0 saturated heterocycles. The van der Waals surface area contributed by atoms with Crippen LogP contribution in [0.2, 0.25) is 5.02 Å². The zero-order valence-electron chi connectivity index (χ0n) is 13.4. The summed E-state index contributed by atoms with van der Waals surface area (Å²) in [6.07, 6.45) is 0. The van der Waals surface area contributed by atoms with Crippen molar-refractivity contribution in [3.8, 4) is 11.5 Å². The van der Waals surface area contributed by atoms with Crippen molar-refractivity contribution in [1.29, 1.82) is 0 Å². The normalized spacial score (nSPS) is 10.8. The number of nitrogens with zero attached hydrogens (tertiary/aromatic N) is 1. The maximum absolute atomic E-state index is 13.2. The summed E-state index contributed by atoms with van der Waals surface area (Å²) in [4.78, 5) is 16.6. The second-order valence-electron chi connectivity index (χ2n) is 5.65. The van der Waals surface area contributed by atoms with Crippen LogP contribution in [0.4, 0.5) is 10.1 Å². The maximum atomic E-state index is 13.2. The van der Waals surface area contributed by atoms with Gasteiger partial charge in [-0.25, -0.2) is 9.37 Å². The number of aromatic nitrogens is 1. The van der Waals surface area contributed by atoms with Crippen LogP contribution in [0.15, 0.2) is 71.1 Å². The van der Waals surface area contributed by atoms with Gasteiger partial charge in [0.15, 0.2) is 5.58 Å². The Hall–Kier alpha value is -3.18. The highest BCUT2D eigenvalue weighted by atomic mass is 35.5. The van der Waals surface area contributed by atoms with Gasteiger partial charge in [0.05, 0.1) is 10.6 Å². The topological polar surface area (TPSA) is 55.1 Å². The highest BCUT2D eigenvalue weighted by molar-refractivity contribution is 6.33.